The third-order valence-electron chi connectivity index (χ3n) is 3.09. The van der Waals surface area contributed by atoms with Crippen LogP contribution in [0.3, 0.4) is 0 Å². The van der Waals surface area contributed by atoms with Gasteiger partial charge in [-0.05, 0) is 24.3 Å². The minimum absolute atomic E-state index is 0.0321. The maximum Gasteiger partial charge on any atom is 0.126 e. The Hall–Kier alpha value is -2.82. The highest BCUT2D eigenvalue weighted by Crippen LogP contribution is 2.17. The second-order valence-electron chi connectivity index (χ2n) is 4.52. The minimum Gasteiger partial charge on any atom is -0.384 e. The molecule has 0 aliphatic heterocycles. The van der Waals surface area contributed by atoms with E-state index in [2.05, 4.69) is 15.3 Å². The maximum atomic E-state index is 7.57. The molecule has 0 spiro atoms. The third-order valence-corrected chi connectivity index (χ3v) is 3.09. The Labute approximate surface area is 116 Å². The third kappa shape index (κ3) is 2.33. The summed E-state index contributed by atoms with van der Waals surface area (Å²) in [4.78, 5) is 7.75. The predicted molar refractivity (Wildman–Crippen MR) is 80.9 cm³/mol. The highest BCUT2D eigenvalue weighted by Gasteiger charge is 2.08. The summed E-state index contributed by atoms with van der Waals surface area (Å²) in [7, 11) is 0. The van der Waals surface area contributed by atoms with Gasteiger partial charge >= 0.3 is 0 Å². The summed E-state index contributed by atoms with van der Waals surface area (Å²) in [5.74, 6) is 0.849. The Bertz CT molecular complexity index is 745. The number of para-hydroxylation sites is 2. The highest BCUT2D eigenvalue weighted by atomic mass is 15.0. The summed E-state index contributed by atoms with van der Waals surface area (Å²) >= 11 is 0. The average Bonchev–Trinajstić information content (AvgIpc) is 2.88. The molecule has 0 aliphatic carbocycles. The molecule has 0 saturated heterocycles. The van der Waals surface area contributed by atoms with Crippen molar-refractivity contribution in [2.24, 2.45) is 5.73 Å². The number of fused-ring (bicyclic) bond motifs is 1. The van der Waals surface area contributed by atoms with Crippen LogP contribution in [0.2, 0.25) is 0 Å². The van der Waals surface area contributed by atoms with E-state index < -0.39 is 0 Å². The van der Waals surface area contributed by atoms with Gasteiger partial charge in [-0.2, -0.15) is 0 Å². The normalized spacial score (nSPS) is 10.6. The van der Waals surface area contributed by atoms with Crippen LogP contribution >= 0.6 is 0 Å². The largest absolute Gasteiger partial charge is 0.384 e. The summed E-state index contributed by atoms with van der Waals surface area (Å²) in [5, 5.41) is 10.9. The Morgan fingerprint density at radius 1 is 1.15 bits per heavy atom. The van der Waals surface area contributed by atoms with Crippen molar-refractivity contribution >= 4 is 22.6 Å². The van der Waals surface area contributed by atoms with Gasteiger partial charge in [-0.1, -0.05) is 24.3 Å². The number of H-pyrrole nitrogens is 1. The van der Waals surface area contributed by atoms with E-state index in [1.54, 1.807) is 6.07 Å². The quantitative estimate of drug-likeness (QED) is 0.431. The van der Waals surface area contributed by atoms with Crippen molar-refractivity contribution < 1.29 is 0 Å². The van der Waals surface area contributed by atoms with E-state index in [-0.39, 0.29) is 5.84 Å². The maximum absolute atomic E-state index is 7.57. The van der Waals surface area contributed by atoms with Crippen LogP contribution in [0.4, 0.5) is 5.69 Å². The van der Waals surface area contributed by atoms with Gasteiger partial charge in [0.15, 0.2) is 0 Å². The number of amidine groups is 1. The monoisotopic (exact) mass is 265 g/mol. The van der Waals surface area contributed by atoms with E-state index >= 15 is 0 Å². The molecule has 5 heteroatoms. The first-order chi connectivity index (χ1) is 9.74. The highest BCUT2D eigenvalue weighted by molar-refractivity contribution is 6.05. The van der Waals surface area contributed by atoms with Crippen molar-refractivity contribution in [3.8, 4) is 0 Å². The van der Waals surface area contributed by atoms with Gasteiger partial charge in [-0.25, -0.2) is 4.98 Å². The lowest BCUT2D eigenvalue weighted by Crippen LogP contribution is -2.11. The Morgan fingerprint density at radius 2 is 1.95 bits per heavy atom. The molecule has 5 N–H and O–H groups in total. The van der Waals surface area contributed by atoms with E-state index in [0.717, 1.165) is 22.5 Å². The van der Waals surface area contributed by atoms with Gasteiger partial charge < -0.3 is 16.0 Å². The van der Waals surface area contributed by atoms with E-state index in [1.807, 2.05) is 42.5 Å². The molecule has 20 heavy (non-hydrogen) atoms. The molecule has 1 heterocycles. The van der Waals surface area contributed by atoms with Gasteiger partial charge in [-0.3, -0.25) is 5.41 Å². The lowest BCUT2D eigenvalue weighted by atomic mass is 10.2. The molecule has 0 unspecified atom stereocenters. The van der Waals surface area contributed by atoms with Crippen LogP contribution in [0.25, 0.3) is 11.0 Å². The van der Waals surface area contributed by atoms with E-state index in [0.29, 0.717) is 12.1 Å². The van der Waals surface area contributed by atoms with Gasteiger partial charge in [-0.15, -0.1) is 0 Å². The zero-order chi connectivity index (χ0) is 13.9. The molecule has 0 bridgehead atoms. The van der Waals surface area contributed by atoms with Gasteiger partial charge in [0.1, 0.15) is 11.7 Å². The molecule has 5 nitrogen and oxygen atoms in total. The van der Waals surface area contributed by atoms with Crippen molar-refractivity contribution in [3.63, 3.8) is 0 Å². The predicted octanol–water partition coefficient (Wildman–Crippen LogP) is 2.46. The molecule has 2 aromatic carbocycles. The minimum atomic E-state index is 0.0321. The number of hydrogen-bond acceptors (Lipinski definition) is 3. The summed E-state index contributed by atoms with van der Waals surface area (Å²) in [6, 6.07) is 15.6. The first-order valence-corrected chi connectivity index (χ1v) is 6.35. The number of benzene rings is 2. The number of anilines is 1. The van der Waals surface area contributed by atoms with Crippen LogP contribution in [0.1, 0.15) is 11.4 Å². The molecule has 1 aromatic heterocycles. The number of nitrogens with one attached hydrogen (secondary N) is 3. The molecular weight excluding hydrogens is 250 g/mol. The molecule has 0 amide bonds. The molecular formula is C15H15N5. The van der Waals surface area contributed by atoms with Gasteiger partial charge in [0, 0.05) is 11.3 Å². The molecule has 0 aliphatic rings. The van der Waals surface area contributed by atoms with Crippen LogP contribution in [-0.4, -0.2) is 15.8 Å². The average molecular weight is 265 g/mol. The standard InChI is InChI=1S/C15H15N5/c16-15(17)11-7-4-8-12-14(11)20-13(19-12)9-18-10-5-2-1-3-6-10/h1-8,18H,9H2,(H3,16,17)(H,19,20). The van der Waals surface area contributed by atoms with Crippen LogP contribution < -0.4 is 11.1 Å². The lowest BCUT2D eigenvalue weighted by Gasteiger charge is -2.02. The fraction of sp³-hybridized carbons (Fsp3) is 0.0667. The lowest BCUT2D eigenvalue weighted by molar-refractivity contribution is 1.01. The number of aromatic nitrogens is 2. The van der Waals surface area contributed by atoms with E-state index in [9.17, 15) is 0 Å². The van der Waals surface area contributed by atoms with E-state index in [1.165, 1.54) is 0 Å². The number of nitrogens with zero attached hydrogens (tertiary/aromatic N) is 1. The molecule has 3 aromatic rings. The molecule has 0 saturated carbocycles. The van der Waals surface area contributed by atoms with Crippen LogP contribution in [0.5, 0.6) is 0 Å². The zero-order valence-electron chi connectivity index (χ0n) is 10.9. The number of imidazole rings is 1. The summed E-state index contributed by atoms with van der Waals surface area (Å²) in [6.07, 6.45) is 0. The number of nitrogens with two attached hydrogens (primary N) is 1. The number of hydrogen-bond donors (Lipinski definition) is 4. The van der Waals surface area contributed by atoms with Crippen LogP contribution in [0.15, 0.2) is 48.5 Å². The summed E-state index contributed by atoms with van der Waals surface area (Å²) in [6.45, 7) is 0.593. The smallest absolute Gasteiger partial charge is 0.126 e. The van der Waals surface area contributed by atoms with Crippen LogP contribution in [0, 0.1) is 5.41 Å². The van der Waals surface area contributed by atoms with Crippen molar-refractivity contribution in [2.45, 2.75) is 6.54 Å². The zero-order valence-corrected chi connectivity index (χ0v) is 10.9. The first kappa shape index (κ1) is 12.2. The second kappa shape index (κ2) is 5.05. The van der Waals surface area contributed by atoms with Gasteiger partial charge in [0.2, 0.25) is 0 Å². The van der Waals surface area contributed by atoms with Crippen molar-refractivity contribution in [2.75, 3.05) is 5.32 Å². The van der Waals surface area contributed by atoms with Crippen molar-refractivity contribution in [1.29, 1.82) is 5.41 Å². The molecule has 100 valence electrons. The number of nitrogen functional groups attached to an aromatic ring is 1. The SMILES string of the molecule is N=C(N)c1cccc2[nH]c(CNc3ccccc3)nc12. The summed E-state index contributed by atoms with van der Waals surface area (Å²) in [5.41, 5.74) is 8.90. The molecule has 0 atom stereocenters. The number of rotatable bonds is 4. The van der Waals surface area contributed by atoms with E-state index in [4.69, 9.17) is 11.1 Å². The Balaban J connectivity index is 1.86. The van der Waals surface area contributed by atoms with Gasteiger partial charge in [0.25, 0.3) is 0 Å². The topological polar surface area (TPSA) is 90.6 Å². The fourth-order valence-electron chi connectivity index (χ4n) is 2.13. The molecule has 0 radical (unpaired) electrons. The first-order valence-electron chi connectivity index (χ1n) is 6.35. The second-order valence-corrected chi connectivity index (χ2v) is 4.52. The number of aromatic amines is 1. The van der Waals surface area contributed by atoms with Crippen LogP contribution in [-0.2, 0) is 6.54 Å². The molecule has 3 rings (SSSR count). The molecule has 0 fully saturated rings. The fourth-order valence-corrected chi connectivity index (χ4v) is 2.13. The Morgan fingerprint density at radius 3 is 2.70 bits per heavy atom. The summed E-state index contributed by atoms with van der Waals surface area (Å²) < 4.78 is 0. The van der Waals surface area contributed by atoms with Gasteiger partial charge in [0.05, 0.1) is 17.6 Å². The van der Waals surface area contributed by atoms with Crippen molar-refractivity contribution in [3.05, 3.63) is 59.9 Å². The van der Waals surface area contributed by atoms with Crippen molar-refractivity contribution in [1.82, 2.24) is 9.97 Å². The Kier molecular flexibility index (Phi) is 3.09.